The van der Waals surface area contributed by atoms with Crippen molar-refractivity contribution in [1.82, 2.24) is 5.32 Å². The van der Waals surface area contributed by atoms with Crippen LogP contribution in [0, 0.1) is 12.7 Å². The number of rotatable bonds is 2. The number of azo groups is 1. The van der Waals surface area contributed by atoms with Crippen molar-refractivity contribution in [2.24, 2.45) is 10.2 Å². The Labute approximate surface area is 112 Å². The molecule has 0 spiro atoms. The molecule has 2 heterocycles. The van der Waals surface area contributed by atoms with Gasteiger partial charge in [0.15, 0.2) is 6.17 Å². The van der Waals surface area contributed by atoms with Gasteiger partial charge in [0.1, 0.15) is 5.82 Å². The van der Waals surface area contributed by atoms with E-state index in [0.29, 0.717) is 0 Å². The largest absolute Gasteiger partial charge is 0.348 e. The number of aryl methyl sites for hydroxylation is 1. The second-order valence-electron chi connectivity index (χ2n) is 5.03. The van der Waals surface area contributed by atoms with Gasteiger partial charge in [-0.05, 0) is 43.7 Å². The first kappa shape index (κ1) is 12.3. The Morgan fingerprint density at radius 3 is 3.05 bits per heavy atom. The van der Waals surface area contributed by atoms with E-state index < -0.39 is 0 Å². The van der Waals surface area contributed by atoms with E-state index in [0.717, 1.165) is 36.5 Å². The van der Waals surface area contributed by atoms with Gasteiger partial charge in [-0.2, -0.15) is 10.2 Å². The van der Waals surface area contributed by atoms with Gasteiger partial charge in [-0.1, -0.05) is 0 Å². The van der Waals surface area contributed by atoms with Crippen LogP contribution in [0.5, 0.6) is 0 Å². The molecule has 1 atom stereocenters. The number of hydrogen-bond donors (Lipinski definition) is 1. The second kappa shape index (κ2) is 4.74. The van der Waals surface area contributed by atoms with E-state index in [2.05, 4.69) is 20.4 Å². The number of halogens is 1. The Morgan fingerprint density at radius 1 is 1.42 bits per heavy atom. The molecule has 2 aliphatic heterocycles. The molecular weight excluding hydrogens is 243 g/mol. The van der Waals surface area contributed by atoms with E-state index in [-0.39, 0.29) is 12.0 Å². The number of nitrogens with one attached hydrogen (secondary N) is 1. The van der Waals surface area contributed by atoms with Gasteiger partial charge in [-0.3, -0.25) is 0 Å². The molecular formula is C14H17FN4. The van der Waals surface area contributed by atoms with Gasteiger partial charge < -0.3 is 10.2 Å². The lowest BCUT2D eigenvalue weighted by atomic mass is 10.0. The lowest BCUT2D eigenvalue weighted by Crippen LogP contribution is -2.34. The van der Waals surface area contributed by atoms with Crippen LogP contribution in [0.1, 0.15) is 12.0 Å². The fourth-order valence-corrected chi connectivity index (χ4v) is 2.72. The van der Waals surface area contributed by atoms with Crippen molar-refractivity contribution >= 4 is 5.69 Å². The topological polar surface area (TPSA) is 40.0 Å². The first-order valence-electron chi connectivity index (χ1n) is 6.49. The Bertz CT molecular complexity index is 565. The SMILES string of the molecule is Cc1cc(F)ccc1N(C)C1N=NC2=C1CCNC2. The molecule has 1 unspecified atom stereocenters. The monoisotopic (exact) mass is 260 g/mol. The van der Waals surface area contributed by atoms with Gasteiger partial charge >= 0.3 is 0 Å². The Kier molecular flexibility index (Phi) is 3.06. The maximum atomic E-state index is 13.2. The summed E-state index contributed by atoms with van der Waals surface area (Å²) in [5.74, 6) is -0.204. The van der Waals surface area contributed by atoms with Gasteiger partial charge in [0.25, 0.3) is 0 Å². The summed E-state index contributed by atoms with van der Waals surface area (Å²) in [5.41, 5.74) is 4.26. The van der Waals surface area contributed by atoms with Crippen LogP contribution in [0.25, 0.3) is 0 Å². The summed E-state index contributed by atoms with van der Waals surface area (Å²) in [7, 11) is 1.99. The number of nitrogens with zero attached hydrogens (tertiary/aromatic N) is 3. The maximum Gasteiger partial charge on any atom is 0.166 e. The molecule has 0 bridgehead atoms. The lowest BCUT2D eigenvalue weighted by Gasteiger charge is -2.28. The minimum absolute atomic E-state index is 0.0405. The van der Waals surface area contributed by atoms with Crippen molar-refractivity contribution in [3.8, 4) is 0 Å². The summed E-state index contributed by atoms with van der Waals surface area (Å²) in [4.78, 5) is 2.08. The summed E-state index contributed by atoms with van der Waals surface area (Å²) in [6.45, 7) is 3.68. The molecule has 0 fully saturated rings. The fraction of sp³-hybridized carbons (Fsp3) is 0.429. The van der Waals surface area contributed by atoms with E-state index in [9.17, 15) is 4.39 Å². The van der Waals surface area contributed by atoms with Gasteiger partial charge in [-0.25, -0.2) is 4.39 Å². The number of benzene rings is 1. The quantitative estimate of drug-likeness (QED) is 0.888. The van der Waals surface area contributed by atoms with Crippen LogP contribution in [-0.4, -0.2) is 26.3 Å². The molecule has 1 aromatic rings. The first-order chi connectivity index (χ1) is 9.16. The number of anilines is 1. The molecule has 100 valence electrons. The van der Waals surface area contributed by atoms with Crippen LogP contribution in [0.2, 0.25) is 0 Å². The number of likely N-dealkylation sites (N-methyl/N-ethyl adjacent to an activating group) is 1. The minimum atomic E-state index is -0.204. The highest BCUT2D eigenvalue weighted by Crippen LogP contribution is 2.32. The average molecular weight is 260 g/mol. The fourth-order valence-electron chi connectivity index (χ4n) is 2.72. The average Bonchev–Trinajstić information content (AvgIpc) is 2.82. The van der Waals surface area contributed by atoms with Crippen LogP contribution in [-0.2, 0) is 0 Å². The summed E-state index contributed by atoms with van der Waals surface area (Å²) in [5, 5.41) is 11.9. The third-order valence-corrected chi connectivity index (χ3v) is 3.74. The van der Waals surface area contributed by atoms with Crippen molar-refractivity contribution in [2.45, 2.75) is 19.5 Å². The summed E-state index contributed by atoms with van der Waals surface area (Å²) in [6.07, 6.45) is 0.929. The normalized spacial score (nSPS) is 21.7. The van der Waals surface area contributed by atoms with Gasteiger partial charge in [0.2, 0.25) is 0 Å². The lowest BCUT2D eigenvalue weighted by molar-refractivity contribution is 0.623. The summed E-state index contributed by atoms with van der Waals surface area (Å²) < 4.78 is 13.2. The van der Waals surface area contributed by atoms with Gasteiger partial charge in [0, 0.05) is 24.9 Å². The highest BCUT2D eigenvalue weighted by molar-refractivity contribution is 5.55. The van der Waals surface area contributed by atoms with Crippen molar-refractivity contribution in [2.75, 3.05) is 25.0 Å². The standard InChI is InChI=1S/C14H17FN4/c1-9-7-10(15)3-4-13(9)19(2)14-11-5-6-16-8-12(11)17-18-14/h3-4,7,14,16H,5-6,8H2,1-2H3. The molecule has 3 rings (SSSR count). The first-order valence-corrected chi connectivity index (χ1v) is 6.49. The molecule has 4 nitrogen and oxygen atoms in total. The Morgan fingerprint density at radius 2 is 2.26 bits per heavy atom. The number of hydrogen-bond acceptors (Lipinski definition) is 4. The molecule has 1 N–H and O–H groups in total. The molecule has 5 heteroatoms. The van der Waals surface area contributed by atoms with Crippen LogP contribution in [0.4, 0.5) is 10.1 Å². The van der Waals surface area contributed by atoms with Crippen LogP contribution in [0.15, 0.2) is 39.7 Å². The Hall–Kier alpha value is -1.75. The molecule has 2 aliphatic rings. The molecule has 19 heavy (non-hydrogen) atoms. The van der Waals surface area contributed by atoms with Crippen molar-refractivity contribution in [1.29, 1.82) is 0 Å². The van der Waals surface area contributed by atoms with Crippen LogP contribution >= 0.6 is 0 Å². The Balaban J connectivity index is 1.90. The molecule has 1 aromatic carbocycles. The zero-order valence-electron chi connectivity index (χ0n) is 11.2. The zero-order chi connectivity index (χ0) is 13.4. The van der Waals surface area contributed by atoms with Crippen molar-refractivity contribution < 1.29 is 4.39 Å². The van der Waals surface area contributed by atoms with E-state index in [1.807, 2.05) is 14.0 Å². The van der Waals surface area contributed by atoms with E-state index in [1.54, 1.807) is 12.1 Å². The van der Waals surface area contributed by atoms with Crippen molar-refractivity contribution in [3.05, 3.63) is 40.8 Å². The molecule has 0 saturated carbocycles. The van der Waals surface area contributed by atoms with Crippen molar-refractivity contribution in [3.63, 3.8) is 0 Å². The molecule has 0 radical (unpaired) electrons. The molecule has 0 aliphatic carbocycles. The van der Waals surface area contributed by atoms with E-state index in [4.69, 9.17) is 0 Å². The van der Waals surface area contributed by atoms with Crippen LogP contribution < -0.4 is 10.2 Å². The predicted molar refractivity (Wildman–Crippen MR) is 72.7 cm³/mol. The highest BCUT2D eigenvalue weighted by Gasteiger charge is 2.29. The molecule has 0 saturated heterocycles. The third kappa shape index (κ3) is 2.14. The van der Waals surface area contributed by atoms with Crippen LogP contribution in [0.3, 0.4) is 0 Å². The summed E-state index contributed by atoms with van der Waals surface area (Å²) in [6, 6.07) is 4.85. The van der Waals surface area contributed by atoms with E-state index in [1.165, 1.54) is 11.6 Å². The van der Waals surface area contributed by atoms with Gasteiger partial charge in [-0.15, -0.1) is 0 Å². The molecule has 0 amide bonds. The summed E-state index contributed by atoms with van der Waals surface area (Å²) >= 11 is 0. The zero-order valence-corrected chi connectivity index (χ0v) is 11.2. The highest BCUT2D eigenvalue weighted by atomic mass is 19.1. The third-order valence-electron chi connectivity index (χ3n) is 3.74. The second-order valence-corrected chi connectivity index (χ2v) is 5.03. The van der Waals surface area contributed by atoms with Gasteiger partial charge in [0.05, 0.1) is 5.70 Å². The van der Waals surface area contributed by atoms with E-state index >= 15 is 0 Å². The minimum Gasteiger partial charge on any atom is -0.348 e. The molecule has 0 aromatic heterocycles. The predicted octanol–water partition coefficient (Wildman–Crippen LogP) is 2.61. The maximum absolute atomic E-state index is 13.2. The smallest absolute Gasteiger partial charge is 0.166 e.